The third-order valence-corrected chi connectivity index (χ3v) is 12.9. The van der Waals surface area contributed by atoms with Gasteiger partial charge in [0.15, 0.2) is 6.10 Å². The Bertz CT molecular complexity index is 1310. The molecule has 0 aliphatic carbocycles. The lowest BCUT2D eigenvalue weighted by atomic mass is 10.1. The summed E-state index contributed by atoms with van der Waals surface area (Å²) >= 11 is 0. The molecule has 0 aromatic heterocycles. The van der Waals surface area contributed by atoms with Crippen molar-refractivity contribution < 1.29 is 28.6 Å². The summed E-state index contributed by atoms with van der Waals surface area (Å²) in [5.41, 5.74) is 0. The van der Waals surface area contributed by atoms with Gasteiger partial charge in [0.1, 0.15) is 13.2 Å². The monoisotopic (exact) mass is 977 g/mol. The fraction of sp³-hybridized carbons (Fsp3) is 0.766. The van der Waals surface area contributed by atoms with Crippen molar-refractivity contribution in [2.75, 3.05) is 13.2 Å². The van der Waals surface area contributed by atoms with E-state index in [0.29, 0.717) is 19.3 Å². The van der Waals surface area contributed by atoms with Crippen molar-refractivity contribution in [3.05, 3.63) is 72.9 Å². The lowest BCUT2D eigenvalue weighted by molar-refractivity contribution is -0.167. The zero-order chi connectivity index (χ0) is 50.7. The van der Waals surface area contributed by atoms with Crippen LogP contribution in [0.2, 0.25) is 0 Å². The van der Waals surface area contributed by atoms with E-state index in [1.54, 1.807) is 0 Å². The summed E-state index contributed by atoms with van der Waals surface area (Å²) in [7, 11) is 0. The minimum atomic E-state index is -0.788. The van der Waals surface area contributed by atoms with Crippen molar-refractivity contribution in [1.82, 2.24) is 0 Å². The van der Waals surface area contributed by atoms with Crippen molar-refractivity contribution >= 4 is 17.9 Å². The lowest BCUT2D eigenvalue weighted by Gasteiger charge is -2.18. The predicted octanol–water partition coefficient (Wildman–Crippen LogP) is 20.2. The summed E-state index contributed by atoms with van der Waals surface area (Å²) in [4.78, 5) is 38.2. The molecule has 0 aliphatic heterocycles. The number of unbranched alkanes of at least 4 members (excludes halogenated alkanes) is 31. The van der Waals surface area contributed by atoms with Crippen LogP contribution in [-0.2, 0) is 28.6 Å². The molecule has 404 valence electrons. The molecule has 0 radical (unpaired) electrons. The summed E-state index contributed by atoms with van der Waals surface area (Å²) in [5.74, 6) is -0.901. The van der Waals surface area contributed by atoms with Crippen LogP contribution in [0.1, 0.15) is 297 Å². The van der Waals surface area contributed by atoms with E-state index in [1.165, 1.54) is 154 Å². The molecule has 0 aromatic rings. The molecule has 1 unspecified atom stereocenters. The second kappa shape index (κ2) is 58.4. The highest BCUT2D eigenvalue weighted by molar-refractivity contribution is 5.71. The molecule has 0 fully saturated rings. The predicted molar refractivity (Wildman–Crippen MR) is 302 cm³/mol. The van der Waals surface area contributed by atoms with E-state index >= 15 is 0 Å². The Labute approximate surface area is 433 Å². The molecule has 0 saturated carbocycles. The van der Waals surface area contributed by atoms with Gasteiger partial charge in [0.25, 0.3) is 0 Å². The Morgan fingerprint density at radius 2 is 0.571 bits per heavy atom. The van der Waals surface area contributed by atoms with Crippen LogP contribution in [0, 0.1) is 0 Å². The van der Waals surface area contributed by atoms with Gasteiger partial charge in [0.2, 0.25) is 0 Å². The van der Waals surface area contributed by atoms with Crippen molar-refractivity contribution in [3.63, 3.8) is 0 Å². The summed E-state index contributed by atoms with van der Waals surface area (Å²) in [6.07, 6.45) is 74.7. The molecular weight excluding hydrogens is 865 g/mol. The Morgan fingerprint density at radius 3 is 0.929 bits per heavy atom. The van der Waals surface area contributed by atoms with Crippen molar-refractivity contribution in [3.8, 4) is 0 Å². The number of ether oxygens (including phenoxy) is 3. The first-order chi connectivity index (χ1) is 34.5. The Morgan fingerprint density at radius 1 is 0.300 bits per heavy atom. The molecule has 0 heterocycles. The lowest BCUT2D eigenvalue weighted by Crippen LogP contribution is -2.30. The SMILES string of the molecule is CC/C=C\C/C=C\C/C=C\CCCCCCCCCC(=O)OC(COC(=O)CCCCCCC/C=C\C/C=C\CCCC)COC(=O)CCCCCCCCCCC/C=C\CCCCCCCCCC. The highest BCUT2D eigenvalue weighted by Gasteiger charge is 2.19. The first kappa shape index (κ1) is 66.9. The van der Waals surface area contributed by atoms with Gasteiger partial charge in [-0.25, -0.2) is 0 Å². The third-order valence-electron chi connectivity index (χ3n) is 12.9. The third kappa shape index (κ3) is 55.8. The standard InChI is InChI=1S/C64H112O6/c1-4-7-10-13-16-19-22-25-28-30-31-32-33-35-36-39-42-45-48-51-54-57-63(66)69-60-61(59-68-62(65)56-53-50-47-44-41-38-27-24-21-18-15-12-9-6-3)70-64(67)58-55-52-49-46-43-40-37-34-29-26-23-20-17-14-11-8-5-2/h8,11,15,17-18,20,24,26-27,29-31,61H,4-7,9-10,12-14,16,19,21-23,25,28,32-60H2,1-3H3/b11-8-,18-15-,20-17-,27-24-,29-26-,31-30-. The second-order valence-corrected chi connectivity index (χ2v) is 19.9. The van der Waals surface area contributed by atoms with Crippen LogP contribution in [0.15, 0.2) is 72.9 Å². The molecule has 1 atom stereocenters. The van der Waals surface area contributed by atoms with Gasteiger partial charge in [-0.05, 0) is 103 Å². The van der Waals surface area contributed by atoms with Gasteiger partial charge in [-0.3, -0.25) is 14.4 Å². The topological polar surface area (TPSA) is 78.9 Å². The van der Waals surface area contributed by atoms with Gasteiger partial charge in [0.05, 0.1) is 0 Å². The number of allylic oxidation sites excluding steroid dienone is 12. The average Bonchev–Trinajstić information content (AvgIpc) is 3.36. The number of hydrogen-bond donors (Lipinski definition) is 0. The number of rotatable bonds is 54. The molecule has 0 amide bonds. The fourth-order valence-electron chi connectivity index (χ4n) is 8.41. The van der Waals surface area contributed by atoms with Crippen LogP contribution >= 0.6 is 0 Å². The first-order valence-electron chi connectivity index (χ1n) is 29.9. The van der Waals surface area contributed by atoms with Gasteiger partial charge >= 0.3 is 17.9 Å². The van der Waals surface area contributed by atoms with Crippen molar-refractivity contribution in [1.29, 1.82) is 0 Å². The van der Waals surface area contributed by atoms with Gasteiger partial charge < -0.3 is 14.2 Å². The molecule has 6 nitrogen and oxygen atoms in total. The van der Waals surface area contributed by atoms with Gasteiger partial charge in [-0.1, -0.05) is 248 Å². The van der Waals surface area contributed by atoms with E-state index in [0.717, 1.165) is 103 Å². The molecule has 70 heavy (non-hydrogen) atoms. The summed E-state index contributed by atoms with van der Waals surface area (Å²) in [5, 5.41) is 0. The molecule has 0 aliphatic rings. The smallest absolute Gasteiger partial charge is 0.306 e. The quantitative estimate of drug-likeness (QED) is 0.0261. The molecule has 6 heteroatoms. The van der Waals surface area contributed by atoms with Crippen LogP contribution in [0.25, 0.3) is 0 Å². The highest BCUT2D eigenvalue weighted by atomic mass is 16.6. The Balaban J connectivity index is 4.36. The fourth-order valence-corrected chi connectivity index (χ4v) is 8.41. The normalized spacial score (nSPS) is 12.6. The molecule has 0 aromatic carbocycles. The number of carbonyl (C=O) groups is 3. The van der Waals surface area contributed by atoms with Crippen molar-refractivity contribution in [2.45, 2.75) is 303 Å². The first-order valence-corrected chi connectivity index (χ1v) is 29.9. The number of hydrogen-bond acceptors (Lipinski definition) is 6. The maximum Gasteiger partial charge on any atom is 0.306 e. The molecule has 0 bridgehead atoms. The van der Waals surface area contributed by atoms with Crippen LogP contribution in [0.5, 0.6) is 0 Å². The van der Waals surface area contributed by atoms with E-state index < -0.39 is 6.10 Å². The van der Waals surface area contributed by atoms with E-state index in [2.05, 4.69) is 93.7 Å². The second-order valence-electron chi connectivity index (χ2n) is 19.9. The Kier molecular flexibility index (Phi) is 55.8. The largest absolute Gasteiger partial charge is 0.462 e. The summed E-state index contributed by atoms with van der Waals surface area (Å²) < 4.78 is 16.9. The maximum absolute atomic E-state index is 12.9. The number of esters is 3. The average molecular weight is 978 g/mol. The van der Waals surface area contributed by atoms with Crippen LogP contribution in [0.3, 0.4) is 0 Å². The molecule has 0 N–H and O–H groups in total. The molecular formula is C64H112O6. The van der Waals surface area contributed by atoms with Crippen LogP contribution in [-0.4, -0.2) is 37.2 Å². The summed E-state index contributed by atoms with van der Waals surface area (Å²) in [6.45, 7) is 6.49. The zero-order valence-electron chi connectivity index (χ0n) is 46.3. The van der Waals surface area contributed by atoms with E-state index in [9.17, 15) is 14.4 Å². The van der Waals surface area contributed by atoms with Crippen LogP contribution < -0.4 is 0 Å². The molecule has 0 saturated heterocycles. The van der Waals surface area contributed by atoms with E-state index in [4.69, 9.17) is 14.2 Å². The van der Waals surface area contributed by atoms with E-state index in [1.807, 2.05) is 0 Å². The minimum absolute atomic E-state index is 0.0843. The van der Waals surface area contributed by atoms with Gasteiger partial charge in [-0.15, -0.1) is 0 Å². The molecule has 0 spiro atoms. The van der Waals surface area contributed by atoms with Gasteiger partial charge in [0, 0.05) is 19.3 Å². The number of carbonyl (C=O) groups excluding carboxylic acids is 3. The summed E-state index contributed by atoms with van der Waals surface area (Å²) in [6, 6.07) is 0. The Hall–Kier alpha value is -3.15. The minimum Gasteiger partial charge on any atom is -0.462 e. The zero-order valence-corrected chi connectivity index (χ0v) is 46.3. The highest BCUT2D eigenvalue weighted by Crippen LogP contribution is 2.16. The van der Waals surface area contributed by atoms with Crippen molar-refractivity contribution in [2.24, 2.45) is 0 Å². The molecule has 0 rings (SSSR count). The van der Waals surface area contributed by atoms with Crippen LogP contribution in [0.4, 0.5) is 0 Å². The van der Waals surface area contributed by atoms with E-state index in [-0.39, 0.29) is 31.1 Å². The van der Waals surface area contributed by atoms with Gasteiger partial charge in [-0.2, -0.15) is 0 Å². The maximum atomic E-state index is 12.9.